The molecule has 2 rings (SSSR count). The normalized spacial score (nSPS) is 20.3. The lowest BCUT2D eigenvalue weighted by Crippen LogP contribution is -2.53. The molecule has 2 N–H and O–H groups in total. The summed E-state index contributed by atoms with van der Waals surface area (Å²) in [5.41, 5.74) is 1.11. The number of nitrogens with one attached hydrogen (secondary N) is 2. The maximum Gasteiger partial charge on any atom is 0.237 e. The van der Waals surface area contributed by atoms with Crippen LogP contribution in [0.3, 0.4) is 0 Å². The highest BCUT2D eigenvalue weighted by Gasteiger charge is 2.21. The maximum absolute atomic E-state index is 11.5. The number of methoxy groups -OCH3 is 1. The molecule has 1 fully saturated rings. The Morgan fingerprint density at radius 1 is 1.44 bits per heavy atom. The molecule has 0 saturated carbocycles. The third kappa shape index (κ3) is 2.52. The second kappa shape index (κ2) is 4.99. The van der Waals surface area contributed by atoms with Gasteiger partial charge in [0.1, 0.15) is 5.75 Å². The molecule has 1 amide bonds. The zero-order valence-electron chi connectivity index (χ0n) is 9.32. The predicted octanol–water partition coefficient (Wildman–Crippen LogP) is 0.326. The van der Waals surface area contributed by atoms with Crippen molar-refractivity contribution in [3.05, 3.63) is 29.8 Å². The van der Waals surface area contributed by atoms with E-state index in [9.17, 15) is 4.79 Å². The summed E-state index contributed by atoms with van der Waals surface area (Å²) in [4.78, 5) is 11.5. The van der Waals surface area contributed by atoms with Crippen LogP contribution >= 0.6 is 0 Å². The molecule has 1 atom stereocenters. The standard InChI is InChI=1S/C12H16N2O2/c1-16-10-4-2-3-9(7-10)8-11-12(15)14-6-5-13-11/h2-4,7,11,13H,5-6,8H2,1H3,(H,14,15)/t11-/m1/s1. The minimum Gasteiger partial charge on any atom is -0.497 e. The maximum atomic E-state index is 11.5. The predicted molar refractivity (Wildman–Crippen MR) is 61.5 cm³/mol. The molecule has 4 heteroatoms. The highest BCUT2D eigenvalue weighted by Crippen LogP contribution is 2.14. The van der Waals surface area contributed by atoms with Crippen molar-refractivity contribution >= 4 is 5.91 Å². The number of ether oxygens (including phenoxy) is 1. The fraction of sp³-hybridized carbons (Fsp3) is 0.417. The van der Waals surface area contributed by atoms with Gasteiger partial charge < -0.3 is 15.4 Å². The van der Waals surface area contributed by atoms with Crippen molar-refractivity contribution in [2.24, 2.45) is 0 Å². The Morgan fingerprint density at radius 3 is 3.06 bits per heavy atom. The van der Waals surface area contributed by atoms with E-state index in [-0.39, 0.29) is 11.9 Å². The third-order valence-electron chi connectivity index (χ3n) is 2.71. The Morgan fingerprint density at radius 2 is 2.31 bits per heavy atom. The largest absolute Gasteiger partial charge is 0.497 e. The molecular formula is C12H16N2O2. The average molecular weight is 220 g/mol. The summed E-state index contributed by atoms with van der Waals surface area (Å²) in [5.74, 6) is 0.905. The quantitative estimate of drug-likeness (QED) is 0.771. The van der Waals surface area contributed by atoms with Crippen molar-refractivity contribution in [1.82, 2.24) is 10.6 Å². The lowest BCUT2D eigenvalue weighted by atomic mass is 10.0. The molecule has 16 heavy (non-hydrogen) atoms. The number of rotatable bonds is 3. The first-order valence-electron chi connectivity index (χ1n) is 5.43. The molecule has 0 aromatic heterocycles. The van der Waals surface area contributed by atoms with Crippen LogP contribution < -0.4 is 15.4 Å². The molecule has 1 saturated heterocycles. The van der Waals surface area contributed by atoms with E-state index in [1.54, 1.807) is 7.11 Å². The van der Waals surface area contributed by atoms with Crippen molar-refractivity contribution in [3.8, 4) is 5.75 Å². The summed E-state index contributed by atoms with van der Waals surface area (Å²) in [6.07, 6.45) is 0.697. The van der Waals surface area contributed by atoms with Crippen molar-refractivity contribution in [2.75, 3.05) is 20.2 Å². The Hall–Kier alpha value is -1.55. The van der Waals surface area contributed by atoms with E-state index in [1.165, 1.54) is 0 Å². The van der Waals surface area contributed by atoms with E-state index < -0.39 is 0 Å². The van der Waals surface area contributed by atoms with Crippen molar-refractivity contribution < 1.29 is 9.53 Å². The molecule has 1 aromatic carbocycles. The Balaban J connectivity index is 2.04. The second-order valence-corrected chi connectivity index (χ2v) is 3.85. The number of hydrogen-bond acceptors (Lipinski definition) is 3. The number of amides is 1. The van der Waals surface area contributed by atoms with Crippen molar-refractivity contribution in [3.63, 3.8) is 0 Å². The molecule has 0 radical (unpaired) electrons. The second-order valence-electron chi connectivity index (χ2n) is 3.85. The van der Waals surface area contributed by atoms with Crippen LogP contribution in [0, 0.1) is 0 Å². The highest BCUT2D eigenvalue weighted by atomic mass is 16.5. The van der Waals surface area contributed by atoms with E-state index in [2.05, 4.69) is 10.6 Å². The van der Waals surface area contributed by atoms with E-state index in [1.807, 2.05) is 24.3 Å². The molecule has 1 heterocycles. The molecule has 1 aliphatic rings. The van der Waals surface area contributed by atoms with Crippen LogP contribution in [0.2, 0.25) is 0 Å². The smallest absolute Gasteiger partial charge is 0.237 e. The number of carbonyl (C=O) groups excluding carboxylic acids is 1. The van der Waals surface area contributed by atoms with Gasteiger partial charge in [-0.05, 0) is 24.1 Å². The van der Waals surface area contributed by atoms with Gasteiger partial charge in [-0.1, -0.05) is 12.1 Å². The lowest BCUT2D eigenvalue weighted by Gasteiger charge is -2.23. The van der Waals surface area contributed by atoms with Gasteiger partial charge in [-0.3, -0.25) is 4.79 Å². The summed E-state index contributed by atoms with van der Waals surface area (Å²) in [6, 6.07) is 7.68. The van der Waals surface area contributed by atoms with E-state index >= 15 is 0 Å². The molecule has 1 aromatic rings. The fourth-order valence-electron chi connectivity index (χ4n) is 1.85. The summed E-state index contributed by atoms with van der Waals surface area (Å²) < 4.78 is 5.15. The summed E-state index contributed by atoms with van der Waals surface area (Å²) in [7, 11) is 1.64. The van der Waals surface area contributed by atoms with Crippen LogP contribution in [0.25, 0.3) is 0 Å². The minimum atomic E-state index is -0.124. The minimum absolute atomic E-state index is 0.0778. The highest BCUT2D eigenvalue weighted by molar-refractivity contribution is 5.82. The number of benzene rings is 1. The van der Waals surface area contributed by atoms with Crippen LogP contribution in [0.5, 0.6) is 5.75 Å². The first-order chi connectivity index (χ1) is 7.79. The van der Waals surface area contributed by atoms with Crippen LogP contribution in [-0.2, 0) is 11.2 Å². The van der Waals surface area contributed by atoms with E-state index in [0.717, 1.165) is 17.9 Å². The summed E-state index contributed by atoms with van der Waals surface area (Å²) in [6.45, 7) is 1.55. The first-order valence-corrected chi connectivity index (χ1v) is 5.43. The topological polar surface area (TPSA) is 50.4 Å². The van der Waals surface area contributed by atoms with Gasteiger partial charge in [-0.25, -0.2) is 0 Å². The van der Waals surface area contributed by atoms with Gasteiger partial charge in [-0.15, -0.1) is 0 Å². The third-order valence-corrected chi connectivity index (χ3v) is 2.71. The van der Waals surface area contributed by atoms with Gasteiger partial charge in [0.2, 0.25) is 5.91 Å². The van der Waals surface area contributed by atoms with Gasteiger partial charge in [0.05, 0.1) is 13.2 Å². The fourth-order valence-corrected chi connectivity index (χ4v) is 1.85. The molecule has 0 aliphatic carbocycles. The van der Waals surface area contributed by atoms with Crippen molar-refractivity contribution in [1.29, 1.82) is 0 Å². The molecule has 0 spiro atoms. The molecule has 0 unspecified atom stereocenters. The van der Waals surface area contributed by atoms with Gasteiger partial charge in [-0.2, -0.15) is 0 Å². The molecular weight excluding hydrogens is 204 g/mol. The number of hydrogen-bond donors (Lipinski definition) is 2. The summed E-state index contributed by atoms with van der Waals surface area (Å²) in [5, 5.41) is 6.05. The molecule has 0 bridgehead atoms. The average Bonchev–Trinajstić information content (AvgIpc) is 2.32. The number of piperazine rings is 1. The zero-order chi connectivity index (χ0) is 11.4. The van der Waals surface area contributed by atoms with Gasteiger partial charge >= 0.3 is 0 Å². The molecule has 86 valence electrons. The SMILES string of the molecule is COc1cccc(C[C@H]2NCCNC2=O)c1. The Bertz CT molecular complexity index is 379. The van der Waals surface area contributed by atoms with E-state index in [4.69, 9.17) is 4.74 Å². The zero-order valence-corrected chi connectivity index (χ0v) is 9.32. The Kier molecular flexibility index (Phi) is 3.41. The van der Waals surface area contributed by atoms with Gasteiger partial charge in [0, 0.05) is 13.1 Å². The van der Waals surface area contributed by atoms with E-state index in [0.29, 0.717) is 13.0 Å². The summed E-state index contributed by atoms with van der Waals surface area (Å²) >= 11 is 0. The lowest BCUT2D eigenvalue weighted by molar-refractivity contribution is -0.124. The van der Waals surface area contributed by atoms with Crippen LogP contribution in [0.1, 0.15) is 5.56 Å². The van der Waals surface area contributed by atoms with Gasteiger partial charge in [0.15, 0.2) is 0 Å². The van der Waals surface area contributed by atoms with Gasteiger partial charge in [0.25, 0.3) is 0 Å². The monoisotopic (exact) mass is 220 g/mol. The van der Waals surface area contributed by atoms with Crippen molar-refractivity contribution in [2.45, 2.75) is 12.5 Å². The number of carbonyl (C=O) groups is 1. The van der Waals surface area contributed by atoms with Crippen LogP contribution in [-0.4, -0.2) is 32.1 Å². The van der Waals surface area contributed by atoms with Crippen LogP contribution in [0.4, 0.5) is 0 Å². The molecule has 4 nitrogen and oxygen atoms in total. The van der Waals surface area contributed by atoms with Crippen LogP contribution in [0.15, 0.2) is 24.3 Å². The Labute approximate surface area is 95.0 Å². The first kappa shape index (κ1) is 11.0. The molecule has 1 aliphatic heterocycles.